The number of hydrogen-bond acceptors (Lipinski definition) is 6. The van der Waals surface area contributed by atoms with Crippen LogP contribution in [-0.4, -0.2) is 31.4 Å². The van der Waals surface area contributed by atoms with Crippen molar-refractivity contribution in [3.63, 3.8) is 0 Å². The zero-order chi connectivity index (χ0) is 15.4. The smallest absolute Gasteiger partial charge is 0.412 e. The van der Waals surface area contributed by atoms with Crippen LogP contribution in [0.4, 0.5) is 10.5 Å². The van der Waals surface area contributed by atoms with Gasteiger partial charge in [-0.25, -0.2) is 4.79 Å². The first-order valence-electron chi connectivity index (χ1n) is 5.84. The van der Waals surface area contributed by atoms with E-state index in [4.69, 9.17) is 4.74 Å². The molecule has 1 amide bonds. The monoisotopic (exact) mass is 302 g/mol. The number of carbonyl (C=O) groups is 1. The summed E-state index contributed by atoms with van der Waals surface area (Å²) in [6.07, 6.45) is 3.20. The van der Waals surface area contributed by atoms with E-state index in [0.717, 1.165) is 6.26 Å². The van der Waals surface area contributed by atoms with Gasteiger partial charge in [0.25, 0.3) is 10.1 Å². The van der Waals surface area contributed by atoms with Gasteiger partial charge in [0.05, 0.1) is 18.6 Å². The highest BCUT2D eigenvalue weighted by molar-refractivity contribution is 7.85. The van der Waals surface area contributed by atoms with Gasteiger partial charge in [-0.3, -0.25) is 14.5 Å². The van der Waals surface area contributed by atoms with Crippen LogP contribution in [0.3, 0.4) is 0 Å². The van der Waals surface area contributed by atoms with Gasteiger partial charge in [-0.05, 0) is 26.8 Å². The maximum atomic E-state index is 11.7. The highest BCUT2D eigenvalue weighted by Crippen LogP contribution is 2.17. The van der Waals surface area contributed by atoms with Crippen molar-refractivity contribution in [2.75, 3.05) is 11.6 Å². The molecule has 112 valence electrons. The Bertz CT molecular complexity index is 578. The third-order valence-corrected chi connectivity index (χ3v) is 2.51. The number of ether oxygens (including phenoxy) is 1. The molecule has 0 spiro atoms. The van der Waals surface area contributed by atoms with Crippen LogP contribution in [0.15, 0.2) is 18.5 Å². The minimum absolute atomic E-state index is 0.211. The van der Waals surface area contributed by atoms with Gasteiger partial charge in [-0.15, -0.1) is 0 Å². The Hall–Kier alpha value is -1.67. The lowest BCUT2D eigenvalue weighted by Gasteiger charge is -2.20. The molecule has 0 saturated carbocycles. The quantitative estimate of drug-likeness (QED) is 0.854. The zero-order valence-electron chi connectivity index (χ0n) is 11.8. The Morgan fingerprint density at radius 2 is 2.05 bits per heavy atom. The van der Waals surface area contributed by atoms with Crippen LogP contribution in [0.1, 0.15) is 26.3 Å². The van der Waals surface area contributed by atoms with Gasteiger partial charge >= 0.3 is 6.09 Å². The van der Waals surface area contributed by atoms with Crippen LogP contribution >= 0.6 is 0 Å². The van der Waals surface area contributed by atoms with Crippen molar-refractivity contribution in [1.82, 2.24) is 4.98 Å². The average molecular weight is 302 g/mol. The number of nitrogens with one attached hydrogen (secondary N) is 1. The Balaban J connectivity index is 2.78. The number of amides is 1. The summed E-state index contributed by atoms with van der Waals surface area (Å²) in [4.78, 5) is 15.5. The number of nitrogens with zero attached hydrogens (tertiary/aromatic N) is 1. The standard InChI is InChI=1S/C12H18N2O5S/c1-12(2,3)19-11(15)14-10-5-6-13-7-9(10)8-18-20(4,16)17/h5-7H,8H2,1-4H3,(H,13,14,15). The Labute approximate surface area is 118 Å². The zero-order valence-corrected chi connectivity index (χ0v) is 12.7. The van der Waals surface area contributed by atoms with E-state index in [9.17, 15) is 13.2 Å². The van der Waals surface area contributed by atoms with Crippen molar-refractivity contribution < 1.29 is 22.1 Å². The predicted molar refractivity (Wildman–Crippen MR) is 73.7 cm³/mol. The molecule has 0 aromatic carbocycles. The van der Waals surface area contributed by atoms with Crippen LogP contribution in [0.5, 0.6) is 0 Å². The average Bonchev–Trinajstić information content (AvgIpc) is 2.24. The summed E-state index contributed by atoms with van der Waals surface area (Å²) < 4.78 is 31.7. The Morgan fingerprint density at radius 1 is 1.40 bits per heavy atom. The van der Waals surface area contributed by atoms with Gasteiger partial charge in [0.2, 0.25) is 0 Å². The number of aromatic nitrogens is 1. The Kier molecular flexibility index (Phi) is 5.07. The Morgan fingerprint density at radius 3 is 2.60 bits per heavy atom. The lowest BCUT2D eigenvalue weighted by Crippen LogP contribution is -2.27. The van der Waals surface area contributed by atoms with E-state index < -0.39 is 21.8 Å². The van der Waals surface area contributed by atoms with Gasteiger partial charge in [0.15, 0.2) is 0 Å². The summed E-state index contributed by atoms with van der Waals surface area (Å²) >= 11 is 0. The summed E-state index contributed by atoms with van der Waals surface area (Å²) in [7, 11) is -3.57. The number of carbonyl (C=O) groups excluding carboxylic acids is 1. The molecule has 1 N–H and O–H groups in total. The molecule has 0 aliphatic heterocycles. The largest absolute Gasteiger partial charge is 0.444 e. The van der Waals surface area contributed by atoms with Crippen LogP contribution in [-0.2, 0) is 25.6 Å². The molecule has 0 atom stereocenters. The molecule has 0 aliphatic rings. The van der Waals surface area contributed by atoms with Crippen LogP contribution < -0.4 is 5.32 Å². The third kappa shape index (κ3) is 6.48. The molecule has 0 fully saturated rings. The van der Waals surface area contributed by atoms with Crippen molar-refractivity contribution in [3.05, 3.63) is 24.0 Å². The number of hydrogen-bond donors (Lipinski definition) is 1. The minimum atomic E-state index is -3.57. The first-order chi connectivity index (χ1) is 9.07. The van der Waals surface area contributed by atoms with Gasteiger partial charge in [0.1, 0.15) is 5.60 Å². The minimum Gasteiger partial charge on any atom is -0.444 e. The summed E-state index contributed by atoms with van der Waals surface area (Å²) in [5, 5.41) is 2.53. The highest BCUT2D eigenvalue weighted by atomic mass is 32.2. The molecule has 0 bridgehead atoms. The summed E-state index contributed by atoms with van der Waals surface area (Å²) in [6, 6.07) is 1.53. The van der Waals surface area contributed by atoms with E-state index in [2.05, 4.69) is 14.5 Å². The first-order valence-corrected chi connectivity index (χ1v) is 7.66. The van der Waals surface area contributed by atoms with Crippen LogP contribution in [0, 0.1) is 0 Å². The van der Waals surface area contributed by atoms with E-state index in [1.807, 2.05) is 0 Å². The fourth-order valence-electron chi connectivity index (χ4n) is 1.25. The van der Waals surface area contributed by atoms with Gasteiger partial charge < -0.3 is 4.74 Å². The maximum Gasteiger partial charge on any atom is 0.412 e. The van der Waals surface area contributed by atoms with Crippen LogP contribution in [0.25, 0.3) is 0 Å². The lowest BCUT2D eigenvalue weighted by atomic mass is 10.2. The number of anilines is 1. The SMILES string of the molecule is CC(C)(C)OC(=O)Nc1ccncc1COS(C)(=O)=O. The van der Waals surface area contributed by atoms with Crippen molar-refractivity contribution >= 4 is 21.9 Å². The summed E-state index contributed by atoms with van der Waals surface area (Å²) in [5.41, 5.74) is 0.197. The summed E-state index contributed by atoms with van der Waals surface area (Å²) in [6.45, 7) is 5.02. The second kappa shape index (κ2) is 6.19. The molecule has 20 heavy (non-hydrogen) atoms. The van der Waals surface area contributed by atoms with E-state index in [0.29, 0.717) is 11.3 Å². The molecule has 1 rings (SSSR count). The molecule has 0 radical (unpaired) electrons. The molecular weight excluding hydrogens is 284 g/mol. The number of rotatable bonds is 4. The summed E-state index contributed by atoms with van der Waals surface area (Å²) in [5.74, 6) is 0. The molecule has 1 aromatic rings. The highest BCUT2D eigenvalue weighted by Gasteiger charge is 2.17. The topological polar surface area (TPSA) is 94.6 Å². The molecule has 1 aromatic heterocycles. The third-order valence-electron chi connectivity index (χ3n) is 1.97. The van der Waals surface area contributed by atoms with Crippen molar-refractivity contribution in [1.29, 1.82) is 0 Å². The van der Waals surface area contributed by atoms with Crippen molar-refractivity contribution in [3.8, 4) is 0 Å². The van der Waals surface area contributed by atoms with Crippen molar-refractivity contribution in [2.24, 2.45) is 0 Å². The predicted octanol–water partition coefficient (Wildman–Crippen LogP) is 1.90. The van der Waals surface area contributed by atoms with E-state index in [1.54, 1.807) is 20.8 Å². The van der Waals surface area contributed by atoms with E-state index in [1.165, 1.54) is 18.5 Å². The van der Waals surface area contributed by atoms with E-state index >= 15 is 0 Å². The fraction of sp³-hybridized carbons (Fsp3) is 0.500. The molecule has 0 aliphatic carbocycles. The lowest BCUT2D eigenvalue weighted by molar-refractivity contribution is 0.0635. The van der Waals surface area contributed by atoms with Gasteiger partial charge in [-0.2, -0.15) is 8.42 Å². The molecule has 0 unspecified atom stereocenters. The van der Waals surface area contributed by atoms with Gasteiger partial charge in [-0.1, -0.05) is 0 Å². The van der Waals surface area contributed by atoms with E-state index in [-0.39, 0.29) is 6.61 Å². The molecule has 8 heteroatoms. The normalized spacial score (nSPS) is 12.0. The first kappa shape index (κ1) is 16.4. The van der Waals surface area contributed by atoms with Gasteiger partial charge in [0, 0.05) is 18.0 Å². The van der Waals surface area contributed by atoms with Crippen molar-refractivity contribution in [2.45, 2.75) is 33.0 Å². The molecular formula is C12H18N2O5S. The second-order valence-corrected chi connectivity index (χ2v) is 6.77. The molecule has 7 nitrogen and oxygen atoms in total. The van der Waals surface area contributed by atoms with Crippen LogP contribution in [0.2, 0.25) is 0 Å². The maximum absolute atomic E-state index is 11.7. The molecule has 0 saturated heterocycles. The number of pyridine rings is 1. The fourth-order valence-corrected chi connectivity index (χ4v) is 1.59. The molecule has 1 heterocycles. The second-order valence-electron chi connectivity index (χ2n) is 5.13.